The van der Waals surface area contributed by atoms with Gasteiger partial charge in [-0.25, -0.2) is 0 Å². The van der Waals surface area contributed by atoms with Crippen molar-refractivity contribution in [3.8, 4) is 0 Å². The zero-order valence-electron chi connectivity index (χ0n) is 27.3. The van der Waals surface area contributed by atoms with Crippen molar-refractivity contribution in [1.82, 2.24) is 10.2 Å². The molecule has 8 atom stereocenters. The molecule has 0 radical (unpaired) electrons. The second kappa shape index (κ2) is 9.15. The molecule has 0 saturated heterocycles. The Morgan fingerprint density at radius 1 is 0.897 bits per heavy atom. The first kappa shape index (κ1) is 29.8. The van der Waals surface area contributed by atoms with Gasteiger partial charge in [0.05, 0.1) is 18.4 Å². The third-order valence-electron chi connectivity index (χ3n) is 13.4. The Kier molecular flexibility index (Phi) is 6.99. The number of rotatable bonds is 4. The zero-order valence-corrected chi connectivity index (χ0v) is 29.3. The van der Waals surface area contributed by atoms with Crippen molar-refractivity contribution in [1.29, 1.82) is 0 Å². The van der Waals surface area contributed by atoms with E-state index in [-0.39, 0.29) is 33.1 Å². The Labute approximate surface area is 241 Å². The maximum absolute atomic E-state index is 7.72. The topological polar surface area (TPSA) is 47.1 Å². The minimum atomic E-state index is -2.07. The van der Waals surface area contributed by atoms with Crippen LogP contribution in [0.1, 0.15) is 92.3 Å². The van der Waals surface area contributed by atoms with E-state index in [0.717, 1.165) is 12.8 Å². The molecule has 0 spiro atoms. The van der Waals surface area contributed by atoms with Gasteiger partial charge in [0.2, 0.25) is 0 Å². The molecule has 1 aromatic rings. The monoisotopic (exact) mass is 570 g/mol. The lowest BCUT2D eigenvalue weighted by molar-refractivity contribution is -0.192. The largest absolute Gasteiger partial charge is 0.411 e. The molecular weight excluding hydrogens is 513 g/mol. The summed E-state index contributed by atoms with van der Waals surface area (Å²) in [5, 5.41) is 8.23. The molecule has 1 heterocycles. The summed E-state index contributed by atoms with van der Waals surface area (Å²) in [4.78, 5) is 0. The number of H-pyrrole nitrogens is 1. The van der Waals surface area contributed by atoms with Crippen LogP contribution in [-0.4, -0.2) is 39.0 Å². The molecule has 39 heavy (non-hydrogen) atoms. The molecule has 220 valence electrons. The van der Waals surface area contributed by atoms with Gasteiger partial charge in [-0.2, -0.15) is 5.10 Å². The van der Waals surface area contributed by atoms with Gasteiger partial charge in [0.1, 0.15) is 0 Å². The van der Waals surface area contributed by atoms with Crippen LogP contribution in [0.3, 0.4) is 0 Å². The van der Waals surface area contributed by atoms with E-state index in [1.54, 1.807) is 0 Å². The molecule has 4 aliphatic carbocycles. The van der Waals surface area contributed by atoms with E-state index >= 15 is 0 Å². The Morgan fingerprint density at radius 3 is 2.08 bits per heavy atom. The van der Waals surface area contributed by atoms with Gasteiger partial charge in [-0.1, -0.05) is 67.5 Å². The quantitative estimate of drug-likeness (QED) is 0.290. The molecule has 6 heteroatoms. The predicted molar refractivity (Wildman–Crippen MR) is 168 cm³/mol. The minimum Gasteiger partial charge on any atom is -0.411 e. The first-order valence-corrected chi connectivity index (χ1v) is 21.6. The standard InChI is InChI=1S/C33H58N2O2Si2/c1-21-14-15-23-27-24(16-17-32(21,23)8)33(9)19-22-20-34-35-26(22)18-25(33)28(36-38(10,11)30(2,3)4)29(27)37-39(12,13)31(5,6)7/h20,23-25,27-29H,1,14-19H2,2-13H3,(H,34,35)/t23?,24?,25?,27?,28-,29-,32-,33-/m1/s1. The highest BCUT2D eigenvalue weighted by atomic mass is 28.4. The molecule has 5 rings (SSSR count). The van der Waals surface area contributed by atoms with E-state index in [0.29, 0.717) is 23.7 Å². The van der Waals surface area contributed by atoms with E-state index in [1.807, 2.05) is 0 Å². The molecule has 1 aromatic heterocycles. The number of allylic oxidation sites excluding steroid dienone is 1. The fourth-order valence-corrected chi connectivity index (χ4v) is 11.3. The summed E-state index contributed by atoms with van der Waals surface area (Å²) in [7, 11) is -4.13. The number of aromatic nitrogens is 2. The van der Waals surface area contributed by atoms with Gasteiger partial charge >= 0.3 is 0 Å². The van der Waals surface area contributed by atoms with Crippen molar-refractivity contribution >= 4 is 16.6 Å². The number of nitrogens with zero attached hydrogens (tertiary/aromatic N) is 1. The number of fused-ring (bicyclic) bond motifs is 6. The molecule has 0 aromatic carbocycles. The van der Waals surface area contributed by atoms with Crippen LogP contribution in [0.4, 0.5) is 0 Å². The lowest BCUT2D eigenvalue weighted by Gasteiger charge is -2.65. The van der Waals surface area contributed by atoms with Crippen LogP contribution in [-0.2, 0) is 21.7 Å². The molecule has 4 nitrogen and oxygen atoms in total. The van der Waals surface area contributed by atoms with Crippen LogP contribution in [0, 0.1) is 34.5 Å². The highest BCUT2D eigenvalue weighted by molar-refractivity contribution is 6.74. The average molecular weight is 571 g/mol. The predicted octanol–water partition coefficient (Wildman–Crippen LogP) is 8.92. The van der Waals surface area contributed by atoms with Gasteiger partial charge < -0.3 is 8.85 Å². The van der Waals surface area contributed by atoms with E-state index in [4.69, 9.17) is 8.85 Å². The highest BCUT2D eigenvalue weighted by Gasteiger charge is 2.66. The van der Waals surface area contributed by atoms with Crippen molar-refractivity contribution < 1.29 is 8.85 Å². The molecule has 0 bridgehead atoms. The number of nitrogens with one attached hydrogen (secondary N) is 1. The summed E-state index contributed by atoms with van der Waals surface area (Å²) < 4.78 is 15.4. The number of hydrogen-bond donors (Lipinski definition) is 1. The summed E-state index contributed by atoms with van der Waals surface area (Å²) in [5.74, 6) is 2.22. The van der Waals surface area contributed by atoms with E-state index in [1.165, 1.54) is 42.5 Å². The first-order chi connectivity index (χ1) is 17.7. The smallest absolute Gasteiger partial charge is 0.192 e. The van der Waals surface area contributed by atoms with Crippen LogP contribution >= 0.6 is 0 Å². The molecule has 3 saturated carbocycles. The maximum Gasteiger partial charge on any atom is 0.192 e. The Bertz CT molecular complexity index is 1110. The Balaban J connectivity index is 1.69. The molecule has 0 amide bonds. The molecule has 1 N–H and O–H groups in total. The van der Waals surface area contributed by atoms with E-state index < -0.39 is 16.6 Å². The van der Waals surface area contributed by atoms with Crippen molar-refractivity contribution in [3.63, 3.8) is 0 Å². The first-order valence-electron chi connectivity index (χ1n) is 15.8. The van der Waals surface area contributed by atoms with Crippen LogP contribution in [0.5, 0.6) is 0 Å². The Morgan fingerprint density at radius 2 is 1.49 bits per heavy atom. The second-order valence-corrected chi connectivity index (χ2v) is 27.0. The lowest BCUT2D eigenvalue weighted by atomic mass is 9.44. The van der Waals surface area contributed by atoms with Crippen molar-refractivity contribution in [2.45, 2.75) is 142 Å². The van der Waals surface area contributed by atoms with Crippen molar-refractivity contribution in [2.75, 3.05) is 0 Å². The molecular formula is C33H58N2O2Si2. The van der Waals surface area contributed by atoms with Gasteiger partial charge in [-0.05, 0) is 115 Å². The van der Waals surface area contributed by atoms with Crippen LogP contribution in [0.15, 0.2) is 18.3 Å². The molecule has 0 aliphatic heterocycles. The Hall–Kier alpha value is -0.696. The fraction of sp³-hybridized carbons (Fsp3) is 0.848. The van der Waals surface area contributed by atoms with Crippen molar-refractivity contribution in [2.24, 2.45) is 34.5 Å². The van der Waals surface area contributed by atoms with Gasteiger partial charge in [0, 0.05) is 5.69 Å². The highest BCUT2D eigenvalue weighted by Crippen LogP contribution is 2.68. The molecule has 4 aliphatic rings. The second-order valence-electron chi connectivity index (χ2n) is 17.4. The summed E-state index contributed by atoms with van der Waals surface area (Å²) in [6, 6.07) is 0. The SMILES string of the molecule is C=C1CCC2C3C(CC[C@]12C)[C@@]1(C)Cc2cn[nH]c2CC1[C@@H](O[Si](C)(C)C(C)(C)C)[C@@H]3O[Si](C)(C)C(C)(C)C. The van der Waals surface area contributed by atoms with Crippen LogP contribution in [0.2, 0.25) is 36.3 Å². The van der Waals surface area contributed by atoms with Crippen LogP contribution in [0.25, 0.3) is 0 Å². The zero-order chi connectivity index (χ0) is 29.0. The number of aromatic amines is 1. The van der Waals surface area contributed by atoms with Crippen LogP contribution < -0.4 is 0 Å². The summed E-state index contributed by atoms with van der Waals surface area (Å²) in [6.45, 7) is 34.0. The molecule has 4 unspecified atom stereocenters. The summed E-state index contributed by atoms with van der Waals surface area (Å²) in [6.07, 6.45) is 9.49. The minimum absolute atomic E-state index is 0.110. The normalized spacial score (nSPS) is 39.1. The number of hydrogen-bond acceptors (Lipinski definition) is 3. The van der Waals surface area contributed by atoms with Gasteiger partial charge in [-0.15, -0.1) is 0 Å². The van der Waals surface area contributed by atoms with Gasteiger partial charge in [0.15, 0.2) is 16.6 Å². The fourth-order valence-electron chi connectivity index (χ4n) is 8.67. The van der Waals surface area contributed by atoms with Gasteiger partial charge in [-0.3, -0.25) is 5.10 Å². The third-order valence-corrected chi connectivity index (χ3v) is 22.3. The summed E-state index contributed by atoms with van der Waals surface area (Å²) in [5.41, 5.74) is 4.68. The maximum atomic E-state index is 7.72. The molecule has 3 fully saturated rings. The average Bonchev–Trinajstić information content (AvgIpc) is 3.36. The summed E-state index contributed by atoms with van der Waals surface area (Å²) >= 11 is 0. The third kappa shape index (κ3) is 4.53. The van der Waals surface area contributed by atoms with Gasteiger partial charge in [0.25, 0.3) is 0 Å². The van der Waals surface area contributed by atoms with E-state index in [2.05, 4.69) is 105 Å². The lowest BCUT2D eigenvalue weighted by Crippen LogP contribution is -2.68. The van der Waals surface area contributed by atoms with E-state index in [9.17, 15) is 0 Å². The van der Waals surface area contributed by atoms with Crippen molar-refractivity contribution in [3.05, 3.63) is 29.6 Å².